The Hall–Kier alpha value is -8.48. The number of benzene rings is 8. The zero-order valence-electron chi connectivity index (χ0n) is 34.2. The van der Waals surface area contributed by atoms with Crippen molar-refractivity contribution in [3.8, 4) is 17.2 Å². The third-order valence-electron chi connectivity index (χ3n) is 13.3. The summed E-state index contributed by atoms with van der Waals surface area (Å²) < 4.78 is 13.9. The summed E-state index contributed by atoms with van der Waals surface area (Å²) in [5, 5.41) is 13.9. The molecule has 14 aromatic rings. The maximum absolute atomic E-state index is 6.70. The first kappa shape index (κ1) is 34.3. The molecule has 6 heteroatoms. The largest absolute Gasteiger partial charge is 0.437 e. The van der Waals surface area contributed by atoms with Crippen LogP contribution in [0.5, 0.6) is 0 Å². The molecular weight excluding hydrogens is 771 g/mol. The predicted octanol–water partition coefficient (Wildman–Crippen LogP) is 15.2. The molecule has 0 aliphatic rings. The van der Waals surface area contributed by atoms with Crippen LogP contribution in [0.3, 0.4) is 0 Å². The highest BCUT2D eigenvalue weighted by Crippen LogP contribution is 2.48. The minimum absolute atomic E-state index is 0.552. The van der Waals surface area contributed by atoms with Gasteiger partial charge in [0, 0.05) is 65.1 Å². The average Bonchev–Trinajstić information content (AvgIpc) is 4.13. The van der Waals surface area contributed by atoms with E-state index in [9.17, 15) is 0 Å². The Morgan fingerprint density at radius 3 is 2.05 bits per heavy atom. The Morgan fingerprint density at radius 1 is 0.524 bits per heavy atom. The van der Waals surface area contributed by atoms with Gasteiger partial charge in [-0.25, -0.2) is 4.98 Å². The summed E-state index contributed by atoms with van der Waals surface area (Å²) in [6.07, 6.45) is 7.90. The third kappa shape index (κ3) is 4.51. The molecule has 6 nitrogen and oxygen atoms in total. The molecule has 6 heterocycles. The van der Waals surface area contributed by atoms with Crippen molar-refractivity contribution in [1.82, 2.24) is 23.5 Å². The molecule has 0 fully saturated rings. The molecule has 0 radical (unpaired) electrons. The quantitative estimate of drug-likeness (QED) is 0.163. The van der Waals surface area contributed by atoms with Crippen LogP contribution in [0, 0.1) is 0 Å². The molecule has 294 valence electrons. The monoisotopic (exact) mass is 805 g/mol. The Morgan fingerprint density at radius 2 is 1.21 bits per heavy atom. The van der Waals surface area contributed by atoms with Crippen molar-refractivity contribution in [1.29, 1.82) is 0 Å². The number of rotatable bonds is 5. The number of hydrogen-bond acceptors (Lipinski definition) is 3. The lowest BCUT2D eigenvalue weighted by atomic mass is 10.0. The molecule has 6 aromatic heterocycles. The van der Waals surface area contributed by atoms with E-state index in [2.05, 4.69) is 179 Å². The van der Waals surface area contributed by atoms with E-state index in [-0.39, 0.29) is 0 Å². The van der Waals surface area contributed by atoms with Crippen LogP contribution in [0.15, 0.2) is 193 Å². The second kappa shape index (κ2) is 12.5. The molecule has 0 aliphatic carbocycles. The maximum atomic E-state index is 6.70. The van der Waals surface area contributed by atoms with E-state index in [4.69, 9.17) is 14.4 Å². The zero-order chi connectivity index (χ0) is 41.5. The summed E-state index contributed by atoms with van der Waals surface area (Å²) in [5.74, 6) is 1.38. The molecule has 0 saturated carbocycles. The number of hydrogen-bond donors (Lipinski definition) is 0. The first-order valence-electron chi connectivity index (χ1n) is 21.4. The van der Waals surface area contributed by atoms with Gasteiger partial charge in [-0.15, -0.1) is 0 Å². The molecule has 0 N–H and O–H groups in total. The minimum atomic E-state index is 0.552. The molecule has 0 spiro atoms. The highest BCUT2D eigenvalue weighted by molar-refractivity contribution is 6.36. The second-order valence-electron chi connectivity index (χ2n) is 16.6. The summed E-state index contributed by atoms with van der Waals surface area (Å²) in [6, 6.07) is 56.8. The van der Waals surface area contributed by atoms with Gasteiger partial charge >= 0.3 is 0 Å². The van der Waals surface area contributed by atoms with Crippen molar-refractivity contribution in [3.63, 3.8) is 0 Å². The van der Waals surface area contributed by atoms with Crippen molar-refractivity contribution < 1.29 is 4.42 Å². The van der Waals surface area contributed by atoms with E-state index in [1.807, 2.05) is 24.3 Å². The Labute approximate surface area is 359 Å². The van der Waals surface area contributed by atoms with E-state index in [1.165, 1.54) is 59.6 Å². The van der Waals surface area contributed by atoms with Crippen LogP contribution in [-0.4, -0.2) is 23.5 Å². The number of nitrogens with zero attached hydrogens (tertiary/aromatic N) is 5. The summed E-state index contributed by atoms with van der Waals surface area (Å²) in [6.45, 7) is 5.99. The topological polar surface area (TPSA) is 53.2 Å². The minimum Gasteiger partial charge on any atom is -0.437 e. The molecule has 63 heavy (non-hydrogen) atoms. The van der Waals surface area contributed by atoms with Crippen molar-refractivity contribution in [3.05, 3.63) is 189 Å². The number of fused-ring (bicyclic) bond motifs is 18. The summed E-state index contributed by atoms with van der Waals surface area (Å²) >= 11 is 0. The molecular formula is C57H35N5O. The Bertz CT molecular complexity index is 4360. The molecule has 0 bridgehead atoms. The Balaban J connectivity index is 1.13. The lowest BCUT2D eigenvalue weighted by Crippen LogP contribution is -2.02. The van der Waals surface area contributed by atoms with Gasteiger partial charge in [-0.1, -0.05) is 134 Å². The van der Waals surface area contributed by atoms with Crippen LogP contribution < -0.4 is 0 Å². The second-order valence-corrected chi connectivity index (χ2v) is 16.6. The number of aromatic nitrogens is 5. The Kier molecular flexibility index (Phi) is 6.82. The van der Waals surface area contributed by atoms with Crippen LogP contribution >= 0.6 is 0 Å². The maximum Gasteiger partial charge on any atom is 0.233 e. The number of furan rings is 1. The summed E-state index contributed by atoms with van der Waals surface area (Å²) in [5.41, 5.74) is 11.4. The molecule has 0 amide bonds. The fraction of sp³-hybridized carbons (Fsp3) is 0.0175. The van der Waals surface area contributed by atoms with Crippen LogP contribution in [0.2, 0.25) is 0 Å². The average molecular weight is 806 g/mol. The van der Waals surface area contributed by atoms with Gasteiger partial charge in [0.15, 0.2) is 11.6 Å². The van der Waals surface area contributed by atoms with Crippen LogP contribution in [-0.2, 0) is 0 Å². The van der Waals surface area contributed by atoms with Gasteiger partial charge in [-0.05, 0) is 66.9 Å². The van der Waals surface area contributed by atoms with Crippen LogP contribution in [0.25, 0.3) is 137 Å². The normalized spacial score (nSPS) is 12.9. The van der Waals surface area contributed by atoms with E-state index in [0.717, 1.165) is 66.3 Å². The van der Waals surface area contributed by atoms with Crippen LogP contribution in [0.1, 0.15) is 6.92 Å². The van der Waals surface area contributed by atoms with Crippen molar-refractivity contribution in [2.24, 2.45) is 0 Å². The van der Waals surface area contributed by atoms with Crippen molar-refractivity contribution >= 4 is 120 Å². The third-order valence-corrected chi connectivity index (χ3v) is 13.3. The highest BCUT2D eigenvalue weighted by Gasteiger charge is 2.28. The number of para-hydroxylation sites is 4. The molecule has 8 aromatic carbocycles. The van der Waals surface area contributed by atoms with Gasteiger partial charge in [-0.2, -0.15) is 4.98 Å². The van der Waals surface area contributed by atoms with Gasteiger partial charge in [0.2, 0.25) is 5.71 Å². The lowest BCUT2D eigenvalue weighted by molar-refractivity contribution is 0.653. The summed E-state index contributed by atoms with van der Waals surface area (Å²) in [4.78, 5) is 10.9. The standard InChI is InChI=1S/C57H35N5O/c1-3-4-5-16-33(2)60-45-23-12-8-19-37(45)42-31-35(28-30-48(42)60)55-58-56(51-41-22-11-15-26-49(41)63-57(51)59-55)62-46-24-13-9-20-38(46)43-32-44-39-29-27-34-17-6-7-18-36(34)52(39)61-47-25-14-10-21-40(47)50(53(44)61)54(43)62/h3-32H,1H2,2H3/b5-4-,33-16+. The zero-order valence-corrected chi connectivity index (χ0v) is 34.2. The van der Waals surface area contributed by atoms with E-state index >= 15 is 0 Å². The van der Waals surface area contributed by atoms with E-state index < -0.39 is 0 Å². The fourth-order valence-corrected chi connectivity index (χ4v) is 10.7. The number of allylic oxidation sites excluding steroid dienone is 5. The van der Waals surface area contributed by atoms with E-state index in [1.54, 1.807) is 6.08 Å². The van der Waals surface area contributed by atoms with Gasteiger partial charge in [-0.3, -0.25) is 4.57 Å². The first-order chi connectivity index (χ1) is 31.2. The molecule has 0 unspecified atom stereocenters. The first-order valence-corrected chi connectivity index (χ1v) is 21.4. The molecule has 14 rings (SSSR count). The van der Waals surface area contributed by atoms with Gasteiger partial charge in [0.25, 0.3) is 0 Å². The molecule has 0 saturated heterocycles. The lowest BCUT2D eigenvalue weighted by Gasteiger charge is -2.12. The molecule has 0 aliphatic heterocycles. The fourth-order valence-electron chi connectivity index (χ4n) is 10.7. The van der Waals surface area contributed by atoms with Gasteiger partial charge < -0.3 is 13.4 Å². The van der Waals surface area contributed by atoms with Crippen molar-refractivity contribution in [2.45, 2.75) is 6.92 Å². The smallest absolute Gasteiger partial charge is 0.233 e. The van der Waals surface area contributed by atoms with Gasteiger partial charge in [0.1, 0.15) is 5.58 Å². The van der Waals surface area contributed by atoms with Crippen molar-refractivity contribution in [2.75, 3.05) is 0 Å². The highest BCUT2D eigenvalue weighted by atomic mass is 16.3. The SMILES string of the molecule is C=C/C=C\C=C(/C)n1c2ccccc2c2cc(-c3nc(-n4c5ccccc5c5cc6c7ccc8ccccc8c7n7c8ccccc8c(c54)c67)c4c(n3)oc3ccccc34)ccc21. The predicted molar refractivity (Wildman–Crippen MR) is 264 cm³/mol. The van der Waals surface area contributed by atoms with Gasteiger partial charge in [0.05, 0.1) is 44.0 Å². The summed E-state index contributed by atoms with van der Waals surface area (Å²) in [7, 11) is 0. The van der Waals surface area contributed by atoms with Crippen LogP contribution in [0.4, 0.5) is 0 Å². The van der Waals surface area contributed by atoms with E-state index in [0.29, 0.717) is 11.5 Å². The molecule has 0 atom stereocenters.